The molecule has 1 aromatic carbocycles. The quantitative estimate of drug-likeness (QED) is 0.682. The van der Waals surface area contributed by atoms with Crippen molar-refractivity contribution in [3.05, 3.63) is 18.2 Å². The number of anilines is 1. The minimum absolute atomic E-state index is 0.0234. The van der Waals surface area contributed by atoms with Gasteiger partial charge in [-0.1, -0.05) is 6.92 Å². The van der Waals surface area contributed by atoms with Gasteiger partial charge in [-0.2, -0.15) is 0 Å². The Hall–Kier alpha value is -1.32. The number of hydrogen-bond acceptors (Lipinski definition) is 6. The number of sulfonamides is 1. The van der Waals surface area contributed by atoms with Crippen LogP contribution in [0.1, 0.15) is 6.92 Å². The lowest BCUT2D eigenvalue weighted by atomic mass is 10.3. The standard InChI is InChI=1S/C11H18N2O5S2/c1-3-19(14,15)7-6-13-20(16,17)9-4-5-10(12)11(8-9)18-2/h4-5,8,13H,3,6-7,12H2,1-2H3. The summed E-state index contributed by atoms with van der Waals surface area (Å²) in [5.41, 5.74) is 5.92. The molecule has 0 aromatic heterocycles. The van der Waals surface area contributed by atoms with E-state index in [4.69, 9.17) is 10.5 Å². The Labute approximate surface area is 119 Å². The zero-order valence-electron chi connectivity index (χ0n) is 11.3. The van der Waals surface area contributed by atoms with Crippen molar-refractivity contribution in [3.63, 3.8) is 0 Å². The van der Waals surface area contributed by atoms with E-state index in [-0.39, 0.29) is 28.7 Å². The van der Waals surface area contributed by atoms with Crippen molar-refractivity contribution in [2.75, 3.05) is 30.9 Å². The number of hydrogen-bond donors (Lipinski definition) is 2. The number of nitrogens with two attached hydrogens (primary N) is 1. The molecule has 7 nitrogen and oxygen atoms in total. The maximum absolute atomic E-state index is 12.0. The first-order valence-electron chi connectivity index (χ1n) is 5.85. The van der Waals surface area contributed by atoms with Crippen LogP contribution in [-0.4, -0.2) is 42.0 Å². The van der Waals surface area contributed by atoms with Gasteiger partial charge in [0.2, 0.25) is 10.0 Å². The molecule has 3 N–H and O–H groups in total. The third-order valence-electron chi connectivity index (χ3n) is 2.66. The summed E-state index contributed by atoms with van der Waals surface area (Å²) in [7, 11) is -5.63. The third-order valence-corrected chi connectivity index (χ3v) is 5.82. The van der Waals surface area contributed by atoms with Crippen LogP contribution in [0.5, 0.6) is 5.75 Å². The Morgan fingerprint density at radius 3 is 2.45 bits per heavy atom. The van der Waals surface area contributed by atoms with Crippen LogP contribution in [0.25, 0.3) is 0 Å². The van der Waals surface area contributed by atoms with E-state index in [1.807, 2.05) is 0 Å². The highest BCUT2D eigenvalue weighted by Gasteiger charge is 2.17. The molecule has 0 aliphatic rings. The van der Waals surface area contributed by atoms with Crippen molar-refractivity contribution >= 4 is 25.5 Å². The van der Waals surface area contributed by atoms with Gasteiger partial charge in [-0.15, -0.1) is 0 Å². The lowest BCUT2D eigenvalue weighted by Gasteiger charge is -2.09. The van der Waals surface area contributed by atoms with Crippen LogP contribution in [0.4, 0.5) is 5.69 Å². The predicted molar refractivity (Wildman–Crippen MR) is 76.9 cm³/mol. The van der Waals surface area contributed by atoms with Crippen LogP contribution in [0.2, 0.25) is 0 Å². The average molecular weight is 322 g/mol. The highest BCUT2D eigenvalue weighted by molar-refractivity contribution is 7.91. The molecule has 0 unspecified atom stereocenters. The van der Waals surface area contributed by atoms with E-state index < -0.39 is 19.9 Å². The van der Waals surface area contributed by atoms with Crippen LogP contribution >= 0.6 is 0 Å². The van der Waals surface area contributed by atoms with E-state index in [0.717, 1.165) is 0 Å². The first-order chi connectivity index (χ1) is 9.22. The number of benzene rings is 1. The molecule has 0 saturated heterocycles. The normalized spacial score (nSPS) is 12.3. The van der Waals surface area contributed by atoms with E-state index in [1.54, 1.807) is 0 Å². The lowest BCUT2D eigenvalue weighted by molar-refractivity contribution is 0.415. The van der Waals surface area contributed by atoms with Crippen LogP contribution in [0.15, 0.2) is 23.1 Å². The van der Waals surface area contributed by atoms with Crippen LogP contribution < -0.4 is 15.2 Å². The molecule has 0 saturated carbocycles. The zero-order valence-corrected chi connectivity index (χ0v) is 12.9. The highest BCUT2D eigenvalue weighted by Crippen LogP contribution is 2.24. The summed E-state index contributed by atoms with van der Waals surface area (Å²) in [4.78, 5) is -0.0301. The molecule has 0 aliphatic carbocycles. The summed E-state index contributed by atoms with van der Waals surface area (Å²) in [5, 5.41) is 0. The minimum atomic E-state index is -3.79. The Bertz CT molecular complexity index is 668. The van der Waals surface area contributed by atoms with Crippen molar-refractivity contribution < 1.29 is 21.6 Å². The highest BCUT2D eigenvalue weighted by atomic mass is 32.2. The molecule has 0 radical (unpaired) electrons. The molecule has 0 fully saturated rings. The van der Waals surface area contributed by atoms with Gasteiger partial charge >= 0.3 is 0 Å². The average Bonchev–Trinajstić information content (AvgIpc) is 2.38. The van der Waals surface area contributed by atoms with Gasteiger partial charge in [-0.05, 0) is 12.1 Å². The molecule has 114 valence electrons. The first-order valence-corrected chi connectivity index (χ1v) is 9.16. The Kier molecular flexibility index (Phi) is 5.37. The number of rotatable bonds is 7. The van der Waals surface area contributed by atoms with Crippen molar-refractivity contribution in [1.82, 2.24) is 4.72 Å². The van der Waals surface area contributed by atoms with Crippen LogP contribution in [0.3, 0.4) is 0 Å². The fourth-order valence-electron chi connectivity index (χ4n) is 1.42. The molecular weight excluding hydrogens is 304 g/mol. The molecule has 20 heavy (non-hydrogen) atoms. The second-order valence-corrected chi connectivity index (χ2v) is 8.28. The Morgan fingerprint density at radius 1 is 1.25 bits per heavy atom. The molecule has 1 rings (SSSR count). The molecule has 0 amide bonds. The van der Waals surface area contributed by atoms with E-state index in [1.165, 1.54) is 32.2 Å². The van der Waals surface area contributed by atoms with Gasteiger partial charge in [0.15, 0.2) is 9.84 Å². The molecular formula is C11H18N2O5S2. The van der Waals surface area contributed by atoms with Gasteiger partial charge in [0.25, 0.3) is 0 Å². The summed E-state index contributed by atoms with van der Waals surface area (Å²) in [6.45, 7) is 1.33. The van der Waals surface area contributed by atoms with Gasteiger partial charge in [-0.25, -0.2) is 21.6 Å². The van der Waals surface area contributed by atoms with Gasteiger partial charge in [0.05, 0.1) is 23.4 Å². The van der Waals surface area contributed by atoms with E-state index in [2.05, 4.69) is 4.72 Å². The number of nitrogens with one attached hydrogen (secondary N) is 1. The fraction of sp³-hybridized carbons (Fsp3) is 0.455. The molecule has 0 bridgehead atoms. The van der Waals surface area contributed by atoms with Gasteiger partial charge in [0.1, 0.15) is 5.75 Å². The molecule has 1 aromatic rings. The van der Waals surface area contributed by atoms with Crippen LogP contribution in [-0.2, 0) is 19.9 Å². The van der Waals surface area contributed by atoms with Gasteiger partial charge in [-0.3, -0.25) is 0 Å². The summed E-state index contributed by atoms with van der Waals surface area (Å²) >= 11 is 0. The third kappa shape index (κ3) is 4.36. The second-order valence-electron chi connectivity index (χ2n) is 4.04. The maximum atomic E-state index is 12.0. The predicted octanol–water partition coefficient (Wildman–Crippen LogP) is -0.00960. The molecule has 0 aliphatic heterocycles. The van der Waals surface area contributed by atoms with Crippen molar-refractivity contribution in [3.8, 4) is 5.75 Å². The lowest BCUT2D eigenvalue weighted by Crippen LogP contribution is -2.29. The molecule has 0 atom stereocenters. The maximum Gasteiger partial charge on any atom is 0.240 e. The topological polar surface area (TPSA) is 116 Å². The SMILES string of the molecule is CCS(=O)(=O)CCNS(=O)(=O)c1ccc(N)c(OC)c1. The fourth-order valence-corrected chi connectivity index (χ4v) is 3.30. The monoisotopic (exact) mass is 322 g/mol. The summed E-state index contributed by atoms with van der Waals surface area (Å²) in [5.74, 6) is -0.0201. The van der Waals surface area contributed by atoms with Crippen molar-refractivity contribution in [2.24, 2.45) is 0 Å². The largest absolute Gasteiger partial charge is 0.495 e. The Morgan fingerprint density at radius 2 is 1.90 bits per heavy atom. The number of methoxy groups -OCH3 is 1. The van der Waals surface area contributed by atoms with Gasteiger partial charge < -0.3 is 10.5 Å². The van der Waals surface area contributed by atoms with Crippen molar-refractivity contribution in [1.29, 1.82) is 0 Å². The van der Waals surface area contributed by atoms with Gasteiger partial charge in [0, 0.05) is 18.4 Å². The number of nitrogen functional groups attached to an aromatic ring is 1. The molecule has 9 heteroatoms. The van der Waals surface area contributed by atoms with E-state index in [9.17, 15) is 16.8 Å². The molecule has 0 heterocycles. The van der Waals surface area contributed by atoms with Crippen LogP contribution in [0, 0.1) is 0 Å². The minimum Gasteiger partial charge on any atom is -0.495 e. The summed E-state index contributed by atoms with van der Waals surface area (Å²) < 4.78 is 53.7. The molecule has 0 spiro atoms. The van der Waals surface area contributed by atoms with Crippen molar-refractivity contribution in [2.45, 2.75) is 11.8 Å². The second kappa shape index (κ2) is 6.42. The summed E-state index contributed by atoms with van der Waals surface area (Å²) in [6, 6.07) is 4.02. The van der Waals surface area contributed by atoms with E-state index >= 15 is 0 Å². The number of sulfone groups is 1. The Balaban J connectivity index is 2.84. The number of ether oxygens (including phenoxy) is 1. The first kappa shape index (κ1) is 16.7. The van der Waals surface area contributed by atoms with E-state index in [0.29, 0.717) is 5.69 Å². The smallest absolute Gasteiger partial charge is 0.240 e. The summed E-state index contributed by atoms with van der Waals surface area (Å²) in [6.07, 6.45) is 0. The zero-order chi connectivity index (χ0) is 15.4.